The minimum atomic E-state index is -0.522. The van der Waals surface area contributed by atoms with Gasteiger partial charge in [0.15, 0.2) is 5.70 Å². The molecule has 0 bridgehead atoms. The molecule has 1 aliphatic heterocycles. The van der Waals surface area contributed by atoms with E-state index < -0.39 is 5.97 Å². The molecule has 0 atom stereocenters. The Hall–Kier alpha value is -2.82. The summed E-state index contributed by atoms with van der Waals surface area (Å²) in [6, 6.07) is 17.9. The largest absolute Gasteiger partial charge is 0.457 e. The van der Waals surface area contributed by atoms with Crippen LogP contribution in [0, 0.1) is 0 Å². The van der Waals surface area contributed by atoms with Gasteiger partial charge in [-0.2, -0.15) is 0 Å². The predicted octanol–water partition coefficient (Wildman–Crippen LogP) is 5.60. The van der Waals surface area contributed by atoms with Gasteiger partial charge in [0.05, 0.1) is 5.02 Å². The van der Waals surface area contributed by atoms with Crippen molar-refractivity contribution in [1.29, 1.82) is 0 Å². The highest BCUT2D eigenvalue weighted by Crippen LogP contribution is 2.32. The SMILES string of the molecule is O=C1OC(c2ccccc2)=N/C1=C/c1ccc(-c2ccc(Cl)cc2Cl)o1. The molecule has 128 valence electrons. The summed E-state index contributed by atoms with van der Waals surface area (Å²) < 4.78 is 11.0. The van der Waals surface area contributed by atoms with Crippen LogP contribution < -0.4 is 0 Å². The standard InChI is InChI=1S/C20H11Cl2NO3/c21-13-6-8-15(16(22)10-13)18-9-7-14(25-18)11-17-20(24)26-19(23-17)12-4-2-1-3-5-12/h1-11H/b17-11+. The van der Waals surface area contributed by atoms with Crippen LogP contribution in [0.4, 0.5) is 0 Å². The van der Waals surface area contributed by atoms with Gasteiger partial charge in [-0.1, -0.05) is 41.4 Å². The third-order valence-electron chi connectivity index (χ3n) is 3.74. The number of ether oxygens (including phenoxy) is 1. The van der Waals surface area contributed by atoms with E-state index in [1.807, 2.05) is 30.3 Å². The Morgan fingerprint density at radius 1 is 0.962 bits per heavy atom. The van der Waals surface area contributed by atoms with Crippen molar-refractivity contribution in [2.24, 2.45) is 4.99 Å². The van der Waals surface area contributed by atoms with Crippen LogP contribution in [0.3, 0.4) is 0 Å². The third-order valence-corrected chi connectivity index (χ3v) is 4.29. The van der Waals surface area contributed by atoms with E-state index in [-0.39, 0.29) is 11.6 Å². The molecule has 0 N–H and O–H groups in total. The van der Waals surface area contributed by atoms with Crippen molar-refractivity contribution in [3.05, 3.63) is 87.7 Å². The van der Waals surface area contributed by atoms with Gasteiger partial charge in [0.1, 0.15) is 11.5 Å². The molecule has 0 saturated carbocycles. The van der Waals surface area contributed by atoms with Crippen molar-refractivity contribution >= 4 is 41.1 Å². The number of carbonyl (C=O) groups excluding carboxylic acids is 1. The van der Waals surface area contributed by atoms with E-state index in [0.717, 1.165) is 5.56 Å². The van der Waals surface area contributed by atoms with Gasteiger partial charge in [0.25, 0.3) is 0 Å². The summed E-state index contributed by atoms with van der Waals surface area (Å²) in [6.45, 7) is 0. The first kappa shape index (κ1) is 16.6. The normalized spacial score (nSPS) is 15.2. The summed E-state index contributed by atoms with van der Waals surface area (Å²) in [5, 5.41) is 1.03. The Balaban J connectivity index is 1.64. The number of furan rings is 1. The van der Waals surface area contributed by atoms with E-state index in [1.54, 1.807) is 30.3 Å². The van der Waals surface area contributed by atoms with Gasteiger partial charge in [-0.05, 0) is 42.5 Å². The highest BCUT2D eigenvalue weighted by molar-refractivity contribution is 6.36. The molecule has 0 fully saturated rings. The number of halogens is 2. The number of benzene rings is 2. The first-order valence-electron chi connectivity index (χ1n) is 7.73. The van der Waals surface area contributed by atoms with E-state index in [9.17, 15) is 4.79 Å². The molecule has 0 spiro atoms. The van der Waals surface area contributed by atoms with Gasteiger partial charge in [-0.15, -0.1) is 0 Å². The summed E-state index contributed by atoms with van der Waals surface area (Å²) in [7, 11) is 0. The maximum atomic E-state index is 12.0. The molecule has 3 aromatic rings. The predicted molar refractivity (Wildman–Crippen MR) is 101 cm³/mol. The molecule has 2 aromatic carbocycles. The Labute approximate surface area is 159 Å². The zero-order valence-corrected chi connectivity index (χ0v) is 14.8. The van der Waals surface area contributed by atoms with Crippen molar-refractivity contribution in [3.8, 4) is 11.3 Å². The van der Waals surface area contributed by atoms with Crippen LogP contribution >= 0.6 is 23.2 Å². The first-order valence-corrected chi connectivity index (χ1v) is 8.49. The lowest BCUT2D eigenvalue weighted by Gasteiger charge is -2.00. The highest BCUT2D eigenvalue weighted by Gasteiger charge is 2.24. The number of esters is 1. The number of carbonyl (C=O) groups is 1. The van der Waals surface area contributed by atoms with Gasteiger partial charge in [0, 0.05) is 22.2 Å². The lowest BCUT2D eigenvalue weighted by molar-refractivity contribution is -0.129. The van der Waals surface area contributed by atoms with Gasteiger partial charge in [-0.3, -0.25) is 0 Å². The second kappa shape index (κ2) is 6.83. The molecule has 4 rings (SSSR count). The van der Waals surface area contributed by atoms with Crippen LogP contribution in [0.25, 0.3) is 17.4 Å². The number of rotatable bonds is 3. The van der Waals surface area contributed by atoms with Crippen molar-refractivity contribution in [1.82, 2.24) is 0 Å². The average Bonchev–Trinajstić information content (AvgIpc) is 3.23. The third kappa shape index (κ3) is 3.29. The molecule has 1 aliphatic rings. The van der Waals surface area contributed by atoms with Gasteiger partial charge < -0.3 is 9.15 Å². The molecule has 0 amide bonds. The molecule has 0 saturated heterocycles. The second-order valence-electron chi connectivity index (χ2n) is 5.53. The zero-order valence-electron chi connectivity index (χ0n) is 13.3. The quantitative estimate of drug-likeness (QED) is 0.436. The van der Waals surface area contributed by atoms with Crippen LogP contribution in [0.2, 0.25) is 10.0 Å². The number of nitrogens with zero attached hydrogens (tertiary/aromatic N) is 1. The maximum Gasteiger partial charge on any atom is 0.363 e. The molecule has 2 heterocycles. The fraction of sp³-hybridized carbons (Fsp3) is 0. The van der Waals surface area contributed by atoms with Crippen molar-refractivity contribution in [3.63, 3.8) is 0 Å². The summed E-state index contributed by atoms with van der Waals surface area (Å²) in [5.74, 6) is 0.786. The Bertz CT molecular complexity index is 1050. The van der Waals surface area contributed by atoms with Crippen LogP contribution in [-0.4, -0.2) is 11.9 Å². The van der Waals surface area contributed by atoms with Crippen LogP contribution in [-0.2, 0) is 9.53 Å². The topological polar surface area (TPSA) is 51.8 Å². The molecule has 4 nitrogen and oxygen atoms in total. The summed E-state index contributed by atoms with van der Waals surface area (Å²) in [6.07, 6.45) is 1.53. The molecule has 26 heavy (non-hydrogen) atoms. The number of cyclic esters (lactones) is 1. The van der Waals surface area contributed by atoms with Crippen molar-refractivity contribution in [2.45, 2.75) is 0 Å². The highest BCUT2D eigenvalue weighted by atomic mass is 35.5. The van der Waals surface area contributed by atoms with E-state index >= 15 is 0 Å². The molecule has 0 aliphatic carbocycles. The van der Waals surface area contributed by atoms with Gasteiger partial charge >= 0.3 is 5.97 Å². The Morgan fingerprint density at radius 3 is 2.54 bits per heavy atom. The van der Waals surface area contributed by atoms with E-state index in [0.29, 0.717) is 27.1 Å². The van der Waals surface area contributed by atoms with Crippen LogP contribution in [0.1, 0.15) is 11.3 Å². The van der Waals surface area contributed by atoms with E-state index in [1.165, 1.54) is 6.08 Å². The molecule has 0 radical (unpaired) electrons. The van der Waals surface area contributed by atoms with Crippen LogP contribution in [0.5, 0.6) is 0 Å². The van der Waals surface area contributed by atoms with Crippen molar-refractivity contribution in [2.75, 3.05) is 0 Å². The lowest BCUT2D eigenvalue weighted by atomic mass is 10.2. The monoisotopic (exact) mass is 383 g/mol. The number of hydrogen-bond acceptors (Lipinski definition) is 4. The van der Waals surface area contributed by atoms with Gasteiger partial charge in [-0.25, -0.2) is 9.79 Å². The summed E-state index contributed by atoms with van der Waals surface area (Å²) in [5.41, 5.74) is 1.62. The second-order valence-corrected chi connectivity index (χ2v) is 6.37. The van der Waals surface area contributed by atoms with E-state index in [4.69, 9.17) is 32.4 Å². The maximum absolute atomic E-state index is 12.0. The number of aliphatic imine (C=N–C) groups is 1. The Kier molecular flexibility index (Phi) is 4.37. The lowest BCUT2D eigenvalue weighted by Crippen LogP contribution is -2.04. The van der Waals surface area contributed by atoms with Crippen molar-refractivity contribution < 1.29 is 13.9 Å². The fourth-order valence-corrected chi connectivity index (χ4v) is 3.01. The number of hydrogen-bond donors (Lipinski definition) is 0. The average molecular weight is 384 g/mol. The molecule has 6 heteroatoms. The van der Waals surface area contributed by atoms with Gasteiger partial charge in [0.2, 0.25) is 5.90 Å². The summed E-state index contributed by atoms with van der Waals surface area (Å²) in [4.78, 5) is 16.3. The zero-order chi connectivity index (χ0) is 18.1. The first-order chi connectivity index (χ1) is 12.6. The Morgan fingerprint density at radius 2 is 1.77 bits per heavy atom. The fourth-order valence-electron chi connectivity index (χ4n) is 2.51. The molecule has 1 aromatic heterocycles. The smallest absolute Gasteiger partial charge is 0.363 e. The van der Waals surface area contributed by atoms with E-state index in [2.05, 4.69) is 4.99 Å². The molecule has 0 unspecified atom stereocenters. The van der Waals surface area contributed by atoms with Crippen LogP contribution in [0.15, 0.2) is 75.8 Å². The summed E-state index contributed by atoms with van der Waals surface area (Å²) >= 11 is 12.1. The molecular weight excluding hydrogens is 373 g/mol. The minimum Gasteiger partial charge on any atom is -0.457 e. The minimum absolute atomic E-state index is 0.173. The molecular formula is C20H11Cl2NO3.